The lowest BCUT2D eigenvalue weighted by atomic mass is 9.79. The fourth-order valence-corrected chi connectivity index (χ4v) is 2.95. The maximum absolute atomic E-state index is 2.50. The Balaban J connectivity index is 0.000000509. The van der Waals surface area contributed by atoms with Gasteiger partial charge in [0.1, 0.15) is 0 Å². The molecule has 0 amide bonds. The lowest BCUT2D eigenvalue weighted by molar-refractivity contribution is 0.117. The molecule has 2 fully saturated rings. The zero-order valence-electron chi connectivity index (χ0n) is 12.3. The molecule has 1 unspecified atom stereocenters. The number of hydrogen-bond acceptors (Lipinski definition) is 2. The van der Waals surface area contributed by atoms with Crippen LogP contribution in [-0.4, -0.2) is 50.1 Å². The van der Waals surface area contributed by atoms with Crippen LogP contribution < -0.4 is 0 Å². The van der Waals surface area contributed by atoms with Crippen molar-refractivity contribution in [3.05, 3.63) is 0 Å². The van der Waals surface area contributed by atoms with Crippen molar-refractivity contribution in [2.75, 3.05) is 40.3 Å². The SMILES string of the molecule is CC.CC.CN1CCCC2(CCN(C)C2)C1. The predicted octanol–water partition coefficient (Wildman–Crippen LogP) is 3.09. The summed E-state index contributed by atoms with van der Waals surface area (Å²) in [6, 6.07) is 0. The third-order valence-electron chi connectivity index (χ3n) is 3.48. The summed E-state index contributed by atoms with van der Waals surface area (Å²) in [4.78, 5) is 4.99. The van der Waals surface area contributed by atoms with Gasteiger partial charge < -0.3 is 9.80 Å². The summed E-state index contributed by atoms with van der Waals surface area (Å²) in [5, 5.41) is 0. The first kappa shape index (κ1) is 15.9. The Morgan fingerprint density at radius 2 is 1.25 bits per heavy atom. The minimum atomic E-state index is 0.668. The van der Waals surface area contributed by atoms with Gasteiger partial charge in [-0.25, -0.2) is 0 Å². The molecule has 2 rings (SSSR count). The van der Waals surface area contributed by atoms with Crippen LogP contribution in [0.5, 0.6) is 0 Å². The molecular weight excluding hydrogens is 196 g/mol. The van der Waals surface area contributed by atoms with Crippen molar-refractivity contribution in [2.24, 2.45) is 5.41 Å². The normalized spacial score (nSPS) is 30.4. The van der Waals surface area contributed by atoms with Gasteiger partial charge in [0.05, 0.1) is 0 Å². The van der Waals surface area contributed by atoms with Gasteiger partial charge in [-0.3, -0.25) is 0 Å². The van der Waals surface area contributed by atoms with Crippen LogP contribution in [0.25, 0.3) is 0 Å². The highest BCUT2D eigenvalue weighted by Gasteiger charge is 2.38. The summed E-state index contributed by atoms with van der Waals surface area (Å²) in [5.41, 5.74) is 0.668. The molecule has 1 spiro atoms. The van der Waals surface area contributed by atoms with Crippen LogP contribution in [0.2, 0.25) is 0 Å². The van der Waals surface area contributed by atoms with Crippen LogP contribution in [-0.2, 0) is 0 Å². The maximum Gasteiger partial charge on any atom is 0.00477 e. The first-order chi connectivity index (χ1) is 7.70. The Hall–Kier alpha value is -0.0800. The fourth-order valence-electron chi connectivity index (χ4n) is 2.95. The summed E-state index contributed by atoms with van der Waals surface area (Å²) in [6.07, 6.45) is 4.29. The maximum atomic E-state index is 2.50. The van der Waals surface area contributed by atoms with Gasteiger partial charge in [0, 0.05) is 13.1 Å². The highest BCUT2D eigenvalue weighted by molar-refractivity contribution is 4.93. The van der Waals surface area contributed by atoms with Gasteiger partial charge in [0.25, 0.3) is 0 Å². The van der Waals surface area contributed by atoms with E-state index >= 15 is 0 Å². The summed E-state index contributed by atoms with van der Waals surface area (Å²) >= 11 is 0. The van der Waals surface area contributed by atoms with E-state index in [4.69, 9.17) is 0 Å². The molecule has 0 bridgehead atoms. The molecule has 0 aromatic rings. The average molecular weight is 228 g/mol. The zero-order chi connectivity index (χ0) is 12.6. The number of likely N-dealkylation sites (tertiary alicyclic amines) is 2. The molecule has 0 aliphatic carbocycles. The molecule has 2 aliphatic heterocycles. The summed E-state index contributed by atoms with van der Waals surface area (Å²) in [5.74, 6) is 0. The number of rotatable bonds is 0. The van der Waals surface area contributed by atoms with Crippen molar-refractivity contribution < 1.29 is 0 Å². The monoisotopic (exact) mass is 228 g/mol. The van der Waals surface area contributed by atoms with E-state index in [2.05, 4.69) is 23.9 Å². The predicted molar refractivity (Wildman–Crippen MR) is 74.0 cm³/mol. The van der Waals surface area contributed by atoms with Gasteiger partial charge >= 0.3 is 0 Å². The highest BCUT2D eigenvalue weighted by Crippen LogP contribution is 2.37. The molecule has 1 atom stereocenters. The molecule has 98 valence electrons. The number of hydrogen-bond donors (Lipinski definition) is 0. The van der Waals surface area contributed by atoms with Crippen molar-refractivity contribution in [1.29, 1.82) is 0 Å². The Bertz CT molecular complexity index is 166. The quantitative estimate of drug-likeness (QED) is 0.629. The van der Waals surface area contributed by atoms with E-state index in [9.17, 15) is 0 Å². The lowest BCUT2D eigenvalue weighted by Gasteiger charge is -2.38. The van der Waals surface area contributed by atoms with Crippen molar-refractivity contribution in [3.8, 4) is 0 Å². The molecule has 2 aliphatic rings. The van der Waals surface area contributed by atoms with Crippen molar-refractivity contribution in [3.63, 3.8) is 0 Å². The number of nitrogens with zero attached hydrogens (tertiary/aromatic N) is 2. The largest absolute Gasteiger partial charge is 0.306 e. The van der Waals surface area contributed by atoms with Crippen molar-refractivity contribution in [1.82, 2.24) is 9.80 Å². The molecule has 0 radical (unpaired) electrons. The second-order valence-electron chi connectivity index (χ2n) is 4.83. The topological polar surface area (TPSA) is 6.48 Å². The molecule has 2 heteroatoms. The van der Waals surface area contributed by atoms with E-state index in [0.29, 0.717) is 5.41 Å². The van der Waals surface area contributed by atoms with Crippen LogP contribution >= 0.6 is 0 Å². The smallest absolute Gasteiger partial charge is 0.00477 e. The molecule has 0 aromatic carbocycles. The second-order valence-corrected chi connectivity index (χ2v) is 4.83. The third-order valence-corrected chi connectivity index (χ3v) is 3.48. The molecule has 0 saturated carbocycles. The number of piperidine rings is 1. The van der Waals surface area contributed by atoms with Gasteiger partial charge in [0.15, 0.2) is 0 Å². The Morgan fingerprint density at radius 3 is 1.62 bits per heavy atom. The average Bonchev–Trinajstić information content (AvgIpc) is 2.65. The molecule has 2 heterocycles. The van der Waals surface area contributed by atoms with Crippen LogP contribution in [0.4, 0.5) is 0 Å². The van der Waals surface area contributed by atoms with E-state index in [1.807, 2.05) is 27.7 Å². The first-order valence-corrected chi connectivity index (χ1v) is 7.07. The Kier molecular flexibility index (Phi) is 8.04. The lowest BCUT2D eigenvalue weighted by Crippen LogP contribution is -2.42. The van der Waals surface area contributed by atoms with Crippen LogP contribution in [0.1, 0.15) is 47.0 Å². The fraction of sp³-hybridized carbons (Fsp3) is 1.00. The molecular formula is C14H32N2. The Morgan fingerprint density at radius 1 is 0.750 bits per heavy atom. The van der Waals surface area contributed by atoms with Crippen LogP contribution in [0, 0.1) is 5.41 Å². The molecule has 0 aromatic heterocycles. The standard InChI is InChI=1S/C10H20N2.2C2H6/c1-11-6-3-4-10(8-11)5-7-12(2)9-10;2*1-2/h3-9H2,1-2H3;2*1-2H3. The van der Waals surface area contributed by atoms with E-state index in [0.717, 1.165) is 0 Å². The summed E-state index contributed by atoms with van der Waals surface area (Å²) < 4.78 is 0. The first-order valence-electron chi connectivity index (χ1n) is 7.07. The zero-order valence-corrected chi connectivity index (χ0v) is 12.3. The second kappa shape index (κ2) is 8.08. The van der Waals surface area contributed by atoms with Crippen LogP contribution in [0.3, 0.4) is 0 Å². The van der Waals surface area contributed by atoms with Gasteiger partial charge in [-0.05, 0) is 51.9 Å². The molecule has 2 saturated heterocycles. The van der Waals surface area contributed by atoms with E-state index in [1.165, 1.54) is 45.4 Å². The van der Waals surface area contributed by atoms with E-state index in [1.54, 1.807) is 0 Å². The molecule has 16 heavy (non-hydrogen) atoms. The molecule has 0 N–H and O–H groups in total. The Labute approximate surface area is 103 Å². The highest BCUT2D eigenvalue weighted by atomic mass is 15.2. The summed E-state index contributed by atoms with van der Waals surface area (Å²) in [6.45, 7) is 13.3. The van der Waals surface area contributed by atoms with Crippen molar-refractivity contribution >= 4 is 0 Å². The van der Waals surface area contributed by atoms with Crippen molar-refractivity contribution in [2.45, 2.75) is 47.0 Å². The minimum Gasteiger partial charge on any atom is -0.306 e. The minimum absolute atomic E-state index is 0.668. The third kappa shape index (κ3) is 4.42. The van der Waals surface area contributed by atoms with E-state index in [-0.39, 0.29) is 0 Å². The van der Waals surface area contributed by atoms with Gasteiger partial charge in [-0.1, -0.05) is 27.7 Å². The summed E-state index contributed by atoms with van der Waals surface area (Å²) in [7, 11) is 4.52. The van der Waals surface area contributed by atoms with Gasteiger partial charge in [0.2, 0.25) is 0 Å². The molecule has 2 nitrogen and oxygen atoms in total. The van der Waals surface area contributed by atoms with Gasteiger partial charge in [-0.15, -0.1) is 0 Å². The van der Waals surface area contributed by atoms with Crippen LogP contribution in [0.15, 0.2) is 0 Å². The van der Waals surface area contributed by atoms with E-state index < -0.39 is 0 Å². The van der Waals surface area contributed by atoms with Gasteiger partial charge in [-0.2, -0.15) is 0 Å².